The van der Waals surface area contributed by atoms with E-state index < -0.39 is 11.7 Å². The Hall–Kier alpha value is -4.09. The van der Waals surface area contributed by atoms with Gasteiger partial charge in [-0.15, -0.1) is 10.2 Å². The van der Waals surface area contributed by atoms with E-state index in [9.17, 15) is 14.0 Å². The zero-order valence-corrected chi connectivity index (χ0v) is 21.3. The van der Waals surface area contributed by atoms with Crippen molar-refractivity contribution in [1.29, 1.82) is 0 Å². The summed E-state index contributed by atoms with van der Waals surface area (Å²) in [4.78, 5) is 29.6. The average Bonchev–Trinajstić information content (AvgIpc) is 3.49. The summed E-state index contributed by atoms with van der Waals surface area (Å²) in [6, 6.07) is 20.9. The minimum atomic E-state index is -0.488. The standard InChI is InChI=1S/C26H21FN6O2S2/c1-16-6-4-9-19(12-16)33-22(14-28-24(35)17-7-5-8-18(27)13-17)31-32-26(33)36-15-23(34)30-25-29-20-10-2-3-11-21(20)37-25/h2-13H,14-15H2,1H3,(H,28,35)(H,29,30,34). The van der Waals surface area contributed by atoms with Gasteiger partial charge in [-0.1, -0.05) is 53.4 Å². The van der Waals surface area contributed by atoms with Crippen molar-refractivity contribution in [3.8, 4) is 5.69 Å². The highest BCUT2D eigenvalue weighted by molar-refractivity contribution is 7.99. The summed E-state index contributed by atoms with van der Waals surface area (Å²) in [5, 5.41) is 15.2. The molecule has 186 valence electrons. The molecular weight excluding hydrogens is 511 g/mol. The number of carbonyl (C=O) groups excluding carboxylic acids is 2. The minimum Gasteiger partial charge on any atom is -0.345 e. The topological polar surface area (TPSA) is 102 Å². The molecule has 5 aromatic rings. The number of nitrogens with one attached hydrogen (secondary N) is 2. The lowest BCUT2D eigenvalue weighted by molar-refractivity contribution is -0.113. The first-order valence-electron chi connectivity index (χ1n) is 11.3. The number of aromatic nitrogens is 4. The number of benzene rings is 3. The van der Waals surface area contributed by atoms with Crippen LogP contribution in [0.3, 0.4) is 0 Å². The third kappa shape index (κ3) is 5.84. The molecule has 8 nitrogen and oxygen atoms in total. The van der Waals surface area contributed by atoms with Gasteiger partial charge in [-0.3, -0.25) is 14.2 Å². The number of thiazole rings is 1. The van der Waals surface area contributed by atoms with Gasteiger partial charge in [-0.25, -0.2) is 9.37 Å². The van der Waals surface area contributed by atoms with Gasteiger partial charge < -0.3 is 10.6 Å². The second-order valence-corrected chi connectivity index (χ2v) is 10.1. The average molecular weight is 533 g/mol. The molecular formula is C26H21FN6O2S2. The molecule has 37 heavy (non-hydrogen) atoms. The number of fused-ring (bicyclic) bond motifs is 1. The fraction of sp³-hybridized carbons (Fsp3) is 0.115. The van der Waals surface area contributed by atoms with Crippen molar-refractivity contribution in [2.24, 2.45) is 0 Å². The number of amides is 2. The molecule has 2 N–H and O–H groups in total. The van der Waals surface area contributed by atoms with Gasteiger partial charge in [0.15, 0.2) is 16.1 Å². The molecule has 0 aliphatic rings. The maximum absolute atomic E-state index is 13.5. The van der Waals surface area contributed by atoms with Crippen LogP contribution in [-0.4, -0.2) is 37.3 Å². The van der Waals surface area contributed by atoms with Crippen molar-refractivity contribution in [3.05, 3.63) is 95.6 Å². The number of halogens is 1. The summed E-state index contributed by atoms with van der Waals surface area (Å²) in [5.41, 5.74) is 2.88. The van der Waals surface area contributed by atoms with Crippen molar-refractivity contribution in [1.82, 2.24) is 25.1 Å². The van der Waals surface area contributed by atoms with Gasteiger partial charge in [0.25, 0.3) is 5.91 Å². The third-order valence-corrected chi connectivity index (χ3v) is 7.21. The molecule has 11 heteroatoms. The van der Waals surface area contributed by atoms with Crippen molar-refractivity contribution in [2.45, 2.75) is 18.6 Å². The lowest BCUT2D eigenvalue weighted by Crippen LogP contribution is -2.24. The van der Waals surface area contributed by atoms with Crippen LogP contribution >= 0.6 is 23.1 Å². The van der Waals surface area contributed by atoms with E-state index in [0.29, 0.717) is 16.1 Å². The van der Waals surface area contributed by atoms with Gasteiger partial charge in [0, 0.05) is 11.3 Å². The molecule has 5 rings (SSSR count). The van der Waals surface area contributed by atoms with Gasteiger partial charge in [0.05, 0.1) is 22.5 Å². The quantitative estimate of drug-likeness (QED) is 0.273. The number of aryl methyl sites for hydroxylation is 1. The summed E-state index contributed by atoms with van der Waals surface area (Å²) in [7, 11) is 0. The van der Waals surface area contributed by atoms with Crippen LogP contribution in [0.25, 0.3) is 15.9 Å². The molecule has 0 aliphatic carbocycles. The van der Waals surface area contributed by atoms with E-state index in [1.54, 1.807) is 4.57 Å². The predicted molar refractivity (Wildman–Crippen MR) is 143 cm³/mol. The van der Waals surface area contributed by atoms with Crippen LogP contribution in [0, 0.1) is 12.7 Å². The Labute approximate surface area is 220 Å². The Bertz CT molecular complexity index is 1570. The number of thioether (sulfide) groups is 1. The third-order valence-electron chi connectivity index (χ3n) is 5.33. The Morgan fingerprint density at radius 2 is 1.86 bits per heavy atom. The van der Waals surface area contributed by atoms with Crippen molar-refractivity contribution < 1.29 is 14.0 Å². The van der Waals surface area contributed by atoms with E-state index in [0.717, 1.165) is 21.5 Å². The van der Waals surface area contributed by atoms with Crippen LogP contribution in [0.15, 0.2) is 78.0 Å². The lowest BCUT2D eigenvalue weighted by Gasteiger charge is -2.12. The molecule has 2 amide bonds. The summed E-state index contributed by atoms with van der Waals surface area (Å²) < 4.78 is 16.3. The zero-order chi connectivity index (χ0) is 25.8. The fourth-order valence-corrected chi connectivity index (χ4v) is 5.29. The molecule has 2 aromatic heterocycles. The number of anilines is 1. The molecule has 0 aliphatic heterocycles. The zero-order valence-electron chi connectivity index (χ0n) is 19.6. The van der Waals surface area contributed by atoms with Crippen molar-refractivity contribution >= 4 is 50.3 Å². The van der Waals surface area contributed by atoms with Crippen molar-refractivity contribution in [3.63, 3.8) is 0 Å². The normalized spacial score (nSPS) is 11.0. The van der Waals surface area contributed by atoms with Gasteiger partial charge in [-0.05, 0) is 55.0 Å². The summed E-state index contributed by atoms with van der Waals surface area (Å²) in [6.45, 7) is 2.03. The van der Waals surface area contributed by atoms with Crippen LogP contribution in [0.1, 0.15) is 21.7 Å². The summed E-state index contributed by atoms with van der Waals surface area (Å²) >= 11 is 2.64. The van der Waals surface area contributed by atoms with Gasteiger partial charge in [-0.2, -0.15) is 0 Å². The van der Waals surface area contributed by atoms with E-state index in [-0.39, 0.29) is 23.8 Å². The largest absolute Gasteiger partial charge is 0.345 e. The van der Waals surface area contributed by atoms with E-state index >= 15 is 0 Å². The van der Waals surface area contributed by atoms with Crippen LogP contribution in [0.5, 0.6) is 0 Å². The number of para-hydroxylation sites is 1. The molecule has 0 fully saturated rings. The van der Waals surface area contributed by atoms with Gasteiger partial charge in [0.1, 0.15) is 5.82 Å². The van der Waals surface area contributed by atoms with E-state index in [4.69, 9.17) is 0 Å². The van der Waals surface area contributed by atoms with Crippen LogP contribution in [-0.2, 0) is 11.3 Å². The second kappa shape index (κ2) is 10.9. The van der Waals surface area contributed by atoms with Gasteiger partial charge >= 0.3 is 0 Å². The minimum absolute atomic E-state index is 0.0642. The first-order chi connectivity index (χ1) is 18.0. The molecule has 0 spiro atoms. The van der Waals surface area contributed by atoms with Crippen LogP contribution < -0.4 is 10.6 Å². The Morgan fingerprint density at radius 1 is 1.03 bits per heavy atom. The number of carbonyl (C=O) groups is 2. The fourth-order valence-electron chi connectivity index (χ4n) is 3.64. The number of hydrogen-bond acceptors (Lipinski definition) is 7. The molecule has 0 atom stereocenters. The van der Waals surface area contributed by atoms with E-state index in [1.165, 1.54) is 47.4 Å². The van der Waals surface area contributed by atoms with E-state index in [2.05, 4.69) is 25.8 Å². The maximum Gasteiger partial charge on any atom is 0.251 e. The molecule has 0 bridgehead atoms. The second-order valence-electron chi connectivity index (χ2n) is 8.09. The monoisotopic (exact) mass is 532 g/mol. The molecule has 3 aromatic carbocycles. The summed E-state index contributed by atoms with van der Waals surface area (Å²) in [6.07, 6.45) is 0. The molecule has 0 radical (unpaired) electrons. The smallest absolute Gasteiger partial charge is 0.251 e. The first-order valence-corrected chi connectivity index (χ1v) is 13.1. The number of rotatable bonds is 8. The highest BCUT2D eigenvalue weighted by Crippen LogP contribution is 2.27. The number of hydrogen-bond donors (Lipinski definition) is 2. The molecule has 0 unspecified atom stereocenters. The molecule has 0 saturated heterocycles. The number of nitrogens with zero attached hydrogens (tertiary/aromatic N) is 4. The Morgan fingerprint density at radius 3 is 2.68 bits per heavy atom. The summed E-state index contributed by atoms with van der Waals surface area (Å²) in [5.74, 6) is -0.565. The highest BCUT2D eigenvalue weighted by atomic mass is 32.2. The Balaban J connectivity index is 1.32. The Kier molecular flexibility index (Phi) is 7.24. The SMILES string of the molecule is Cc1cccc(-n2c(CNC(=O)c3cccc(F)c3)nnc2SCC(=O)Nc2nc3ccccc3s2)c1. The highest BCUT2D eigenvalue weighted by Gasteiger charge is 2.18. The maximum atomic E-state index is 13.5. The molecule has 2 heterocycles. The van der Waals surface area contributed by atoms with Gasteiger partial charge in [0.2, 0.25) is 5.91 Å². The predicted octanol–water partition coefficient (Wildman–Crippen LogP) is 4.99. The molecule has 0 saturated carbocycles. The van der Waals surface area contributed by atoms with Crippen LogP contribution in [0.4, 0.5) is 9.52 Å². The van der Waals surface area contributed by atoms with Crippen molar-refractivity contribution in [2.75, 3.05) is 11.1 Å². The lowest BCUT2D eigenvalue weighted by atomic mass is 10.2. The van der Waals surface area contributed by atoms with E-state index in [1.807, 2.05) is 55.5 Å². The first kappa shape index (κ1) is 24.6. The van der Waals surface area contributed by atoms with Crippen LogP contribution in [0.2, 0.25) is 0 Å².